The van der Waals surface area contributed by atoms with Crippen molar-refractivity contribution in [3.8, 4) is 0 Å². The highest BCUT2D eigenvalue weighted by Gasteiger charge is 2.51. The second-order valence-electron chi connectivity index (χ2n) is 8.64. The summed E-state index contributed by atoms with van der Waals surface area (Å²) in [5.41, 5.74) is 3.08. The standard InChI is InChI=1S/C27H27FN2O/c28-24-12-6-11-23(18-24)27(19-22-10-4-5-13-25(22)26(27)31)30-15-7-14-29(16-17-30)20-21-8-2-1-3-9-21/h1-6,8-13,18H,7,14-17,19-20H2. The molecule has 31 heavy (non-hydrogen) atoms. The van der Waals surface area contributed by atoms with Crippen molar-refractivity contribution in [2.24, 2.45) is 0 Å². The topological polar surface area (TPSA) is 23.6 Å². The van der Waals surface area contributed by atoms with E-state index in [0.717, 1.165) is 55.8 Å². The predicted molar refractivity (Wildman–Crippen MR) is 120 cm³/mol. The number of fused-ring (bicyclic) bond motifs is 1. The highest BCUT2D eigenvalue weighted by molar-refractivity contribution is 6.08. The fourth-order valence-corrected chi connectivity index (χ4v) is 5.24. The molecule has 3 nitrogen and oxygen atoms in total. The number of nitrogens with zero attached hydrogens (tertiary/aromatic N) is 2. The number of carbonyl (C=O) groups is 1. The van der Waals surface area contributed by atoms with Gasteiger partial charge in [0.05, 0.1) is 0 Å². The number of rotatable bonds is 4. The van der Waals surface area contributed by atoms with Crippen molar-refractivity contribution in [3.63, 3.8) is 0 Å². The fourth-order valence-electron chi connectivity index (χ4n) is 5.24. The second-order valence-corrected chi connectivity index (χ2v) is 8.64. The van der Waals surface area contributed by atoms with Gasteiger partial charge in [0, 0.05) is 38.2 Å². The maximum Gasteiger partial charge on any atom is 0.188 e. The van der Waals surface area contributed by atoms with Gasteiger partial charge in [0.25, 0.3) is 0 Å². The van der Waals surface area contributed by atoms with Gasteiger partial charge in [-0.3, -0.25) is 14.6 Å². The van der Waals surface area contributed by atoms with Gasteiger partial charge < -0.3 is 0 Å². The first kappa shape index (κ1) is 20.1. The third-order valence-electron chi connectivity index (χ3n) is 6.76. The summed E-state index contributed by atoms with van der Waals surface area (Å²) in [7, 11) is 0. The lowest BCUT2D eigenvalue weighted by molar-refractivity contribution is 0.0572. The second kappa shape index (κ2) is 8.37. The number of halogens is 1. The zero-order valence-corrected chi connectivity index (χ0v) is 17.6. The van der Waals surface area contributed by atoms with Crippen LogP contribution in [0.5, 0.6) is 0 Å². The number of hydrogen-bond acceptors (Lipinski definition) is 3. The first-order valence-corrected chi connectivity index (χ1v) is 11.1. The Kier molecular flexibility index (Phi) is 5.43. The number of hydrogen-bond donors (Lipinski definition) is 0. The van der Waals surface area contributed by atoms with Crippen LogP contribution in [0.1, 0.15) is 33.5 Å². The normalized spacial score (nSPS) is 22.3. The molecule has 0 spiro atoms. The van der Waals surface area contributed by atoms with E-state index in [-0.39, 0.29) is 11.6 Å². The van der Waals surface area contributed by atoms with Crippen molar-refractivity contribution in [2.45, 2.75) is 24.9 Å². The lowest BCUT2D eigenvalue weighted by Crippen LogP contribution is -2.52. The highest BCUT2D eigenvalue weighted by atomic mass is 19.1. The summed E-state index contributed by atoms with van der Waals surface area (Å²) in [6.07, 6.45) is 1.58. The quantitative estimate of drug-likeness (QED) is 0.620. The molecule has 1 atom stereocenters. The van der Waals surface area contributed by atoms with E-state index < -0.39 is 5.54 Å². The summed E-state index contributed by atoms with van der Waals surface area (Å²) in [5.74, 6) is -0.189. The zero-order chi connectivity index (χ0) is 21.3. The lowest BCUT2D eigenvalue weighted by Gasteiger charge is -2.40. The van der Waals surface area contributed by atoms with E-state index in [1.54, 1.807) is 12.1 Å². The molecule has 0 bridgehead atoms. The van der Waals surface area contributed by atoms with E-state index in [0.29, 0.717) is 6.42 Å². The summed E-state index contributed by atoms with van der Waals surface area (Å²) < 4.78 is 14.3. The highest BCUT2D eigenvalue weighted by Crippen LogP contribution is 2.43. The van der Waals surface area contributed by atoms with Gasteiger partial charge in [0.2, 0.25) is 0 Å². The Morgan fingerprint density at radius 2 is 1.65 bits per heavy atom. The molecule has 1 aliphatic carbocycles. The molecule has 0 N–H and O–H groups in total. The molecule has 0 amide bonds. The van der Waals surface area contributed by atoms with E-state index >= 15 is 0 Å². The van der Waals surface area contributed by atoms with Crippen LogP contribution in [0.2, 0.25) is 0 Å². The van der Waals surface area contributed by atoms with Crippen LogP contribution in [-0.2, 0) is 18.5 Å². The minimum absolute atomic E-state index is 0.102. The molecule has 158 valence electrons. The van der Waals surface area contributed by atoms with Crippen molar-refractivity contribution in [1.29, 1.82) is 0 Å². The molecule has 5 rings (SSSR count). The third-order valence-corrected chi connectivity index (χ3v) is 6.76. The number of Topliss-reactive ketones (excluding diaryl/α,β-unsaturated/α-hetero) is 1. The van der Waals surface area contributed by atoms with Gasteiger partial charge >= 0.3 is 0 Å². The van der Waals surface area contributed by atoms with Crippen LogP contribution in [0.25, 0.3) is 0 Å². The molecule has 2 aliphatic rings. The molecule has 3 aromatic carbocycles. The number of ketones is 1. The average Bonchev–Trinajstić information content (AvgIpc) is 2.93. The third kappa shape index (κ3) is 3.71. The van der Waals surface area contributed by atoms with E-state index in [9.17, 15) is 9.18 Å². The molecule has 0 aromatic heterocycles. The first-order chi connectivity index (χ1) is 15.2. The Labute approximate surface area is 183 Å². The van der Waals surface area contributed by atoms with Gasteiger partial charge in [0.15, 0.2) is 5.78 Å². The smallest absolute Gasteiger partial charge is 0.188 e. The number of benzene rings is 3. The Bertz CT molecular complexity index is 1080. The monoisotopic (exact) mass is 414 g/mol. The van der Waals surface area contributed by atoms with Crippen LogP contribution in [0.15, 0.2) is 78.9 Å². The van der Waals surface area contributed by atoms with Crippen molar-refractivity contribution in [2.75, 3.05) is 26.2 Å². The van der Waals surface area contributed by atoms with Crippen molar-refractivity contribution in [3.05, 3.63) is 107 Å². The Morgan fingerprint density at radius 1 is 0.839 bits per heavy atom. The van der Waals surface area contributed by atoms with Crippen LogP contribution in [0.3, 0.4) is 0 Å². The molecule has 0 radical (unpaired) electrons. The molecular weight excluding hydrogens is 387 g/mol. The summed E-state index contributed by atoms with van der Waals surface area (Å²) in [4.78, 5) is 18.6. The van der Waals surface area contributed by atoms with Gasteiger partial charge in [-0.05, 0) is 41.8 Å². The Morgan fingerprint density at radius 3 is 2.45 bits per heavy atom. The van der Waals surface area contributed by atoms with Gasteiger partial charge in [-0.1, -0.05) is 66.7 Å². The molecule has 1 aliphatic heterocycles. The van der Waals surface area contributed by atoms with E-state index in [1.807, 2.05) is 36.4 Å². The minimum atomic E-state index is -0.825. The van der Waals surface area contributed by atoms with Gasteiger partial charge in [-0.2, -0.15) is 0 Å². The summed E-state index contributed by atoms with van der Waals surface area (Å²) >= 11 is 0. The zero-order valence-electron chi connectivity index (χ0n) is 17.6. The summed E-state index contributed by atoms with van der Waals surface area (Å²) in [6.45, 7) is 4.39. The van der Waals surface area contributed by atoms with Gasteiger partial charge in [-0.25, -0.2) is 4.39 Å². The predicted octanol–water partition coefficient (Wildman–Crippen LogP) is 4.67. The molecule has 0 saturated carbocycles. The lowest BCUT2D eigenvalue weighted by atomic mass is 9.83. The molecule has 1 saturated heterocycles. The number of carbonyl (C=O) groups excluding carboxylic acids is 1. The fraction of sp³-hybridized carbons (Fsp3) is 0.296. The van der Waals surface area contributed by atoms with Gasteiger partial charge in [0.1, 0.15) is 11.4 Å². The maximum absolute atomic E-state index is 14.3. The van der Waals surface area contributed by atoms with Crippen LogP contribution >= 0.6 is 0 Å². The SMILES string of the molecule is O=C1c2ccccc2CC1(c1cccc(F)c1)N1CCCN(Cc2ccccc2)CC1. The first-order valence-electron chi connectivity index (χ1n) is 11.1. The van der Waals surface area contributed by atoms with E-state index in [4.69, 9.17) is 0 Å². The van der Waals surface area contributed by atoms with Gasteiger partial charge in [-0.15, -0.1) is 0 Å². The molecule has 1 fully saturated rings. The molecule has 4 heteroatoms. The maximum atomic E-state index is 14.3. The Balaban J connectivity index is 1.46. The van der Waals surface area contributed by atoms with Crippen molar-refractivity contribution < 1.29 is 9.18 Å². The molecule has 1 unspecified atom stereocenters. The summed E-state index contributed by atoms with van der Waals surface area (Å²) in [5, 5.41) is 0. The van der Waals surface area contributed by atoms with E-state index in [1.165, 1.54) is 11.6 Å². The van der Waals surface area contributed by atoms with Crippen LogP contribution in [0.4, 0.5) is 4.39 Å². The average molecular weight is 415 g/mol. The molecule has 3 aromatic rings. The van der Waals surface area contributed by atoms with Crippen LogP contribution in [-0.4, -0.2) is 41.8 Å². The van der Waals surface area contributed by atoms with Crippen molar-refractivity contribution >= 4 is 5.78 Å². The Hall–Kier alpha value is -2.82. The van der Waals surface area contributed by atoms with Crippen LogP contribution < -0.4 is 0 Å². The largest absolute Gasteiger partial charge is 0.298 e. The molecule has 1 heterocycles. The minimum Gasteiger partial charge on any atom is -0.298 e. The van der Waals surface area contributed by atoms with E-state index in [2.05, 4.69) is 34.1 Å². The van der Waals surface area contributed by atoms with Crippen molar-refractivity contribution in [1.82, 2.24) is 9.80 Å². The van der Waals surface area contributed by atoms with Crippen LogP contribution in [0, 0.1) is 5.82 Å². The molecular formula is C27H27FN2O. The summed E-state index contributed by atoms with van der Waals surface area (Å²) in [6, 6.07) is 25.0.